The summed E-state index contributed by atoms with van der Waals surface area (Å²) in [5.74, 6) is -0.619. The Morgan fingerprint density at radius 3 is 2.88 bits per heavy atom. The molecule has 0 aliphatic rings. The predicted octanol–water partition coefficient (Wildman–Crippen LogP) is 2.57. The highest BCUT2D eigenvalue weighted by atomic mass is 19.1. The summed E-state index contributed by atoms with van der Waals surface area (Å²) in [5.41, 5.74) is 0.158. The van der Waals surface area contributed by atoms with Crippen molar-refractivity contribution in [2.24, 2.45) is 0 Å². The number of rotatable bonds is 7. The quantitative estimate of drug-likeness (QED) is 0.453. The Hall–Kier alpha value is -1.69. The second-order valence-electron chi connectivity index (χ2n) is 3.43. The molecule has 0 aromatic heterocycles. The maximum absolute atomic E-state index is 13.0. The molecule has 0 bridgehead atoms. The van der Waals surface area contributed by atoms with Crippen molar-refractivity contribution in [3.8, 4) is 0 Å². The van der Waals surface area contributed by atoms with Crippen molar-refractivity contribution in [1.29, 1.82) is 0 Å². The summed E-state index contributed by atoms with van der Waals surface area (Å²) in [5, 5.41) is 13.4. The van der Waals surface area contributed by atoms with Gasteiger partial charge in [0.15, 0.2) is 0 Å². The fourth-order valence-electron chi connectivity index (χ4n) is 1.33. The molecule has 1 aromatic carbocycles. The van der Waals surface area contributed by atoms with Gasteiger partial charge in [-0.1, -0.05) is 0 Å². The van der Waals surface area contributed by atoms with E-state index in [1.807, 2.05) is 6.92 Å². The van der Waals surface area contributed by atoms with Crippen LogP contribution in [0.4, 0.5) is 15.8 Å². The Labute approximate surface area is 98.7 Å². The molecule has 0 amide bonds. The van der Waals surface area contributed by atoms with Crippen LogP contribution >= 0.6 is 0 Å². The third-order valence-electron chi connectivity index (χ3n) is 2.09. The zero-order valence-electron chi connectivity index (χ0n) is 9.61. The van der Waals surface area contributed by atoms with Crippen molar-refractivity contribution in [3.05, 3.63) is 34.1 Å². The summed E-state index contributed by atoms with van der Waals surface area (Å²) in [7, 11) is 0. The van der Waals surface area contributed by atoms with Crippen LogP contribution < -0.4 is 5.32 Å². The van der Waals surface area contributed by atoms with Gasteiger partial charge in [0.05, 0.1) is 11.0 Å². The summed E-state index contributed by atoms with van der Waals surface area (Å²) in [6, 6.07) is 3.43. The molecule has 17 heavy (non-hydrogen) atoms. The lowest BCUT2D eigenvalue weighted by atomic mass is 10.2. The van der Waals surface area contributed by atoms with Crippen molar-refractivity contribution >= 4 is 11.4 Å². The molecule has 1 aromatic rings. The van der Waals surface area contributed by atoms with E-state index in [0.717, 1.165) is 12.5 Å². The van der Waals surface area contributed by atoms with E-state index in [-0.39, 0.29) is 5.69 Å². The zero-order chi connectivity index (χ0) is 12.7. The number of nitro groups is 1. The Morgan fingerprint density at radius 2 is 2.24 bits per heavy atom. The number of ether oxygens (including phenoxy) is 1. The molecule has 0 aliphatic carbocycles. The normalized spacial score (nSPS) is 10.2. The van der Waals surface area contributed by atoms with Gasteiger partial charge in [-0.3, -0.25) is 10.1 Å². The van der Waals surface area contributed by atoms with E-state index in [9.17, 15) is 14.5 Å². The van der Waals surface area contributed by atoms with Crippen molar-refractivity contribution < 1.29 is 14.1 Å². The third kappa shape index (κ3) is 4.78. The van der Waals surface area contributed by atoms with Gasteiger partial charge in [0.2, 0.25) is 0 Å². The number of anilines is 1. The molecule has 94 valence electrons. The van der Waals surface area contributed by atoms with E-state index < -0.39 is 10.7 Å². The Balaban J connectivity index is 2.50. The minimum atomic E-state index is -0.619. The summed E-state index contributed by atoms with van der Waals surface area (Å²) < 4.78 is 18.2. The lowest BCUT2D eigenvalue weighted by Gasteiger charge is -2.06. The monoisotopic (exact) mass is 242 g/mol. The second-order valence-corrected chi connectivity index (χ2v) is 3.43. The Bertz CT molecular complexity index is 385. The smallest absolute Gasteiger partial charge is 0.274 e. The van der Waals surface area contributed by atoms with E-state index in [1.54, 1.807) is 0 Å². The zero-order valence-corrected chi connectivity index (χ0v) is 9.61. The van der Waals surface area contributed by atoms with Crippen LogP contribution in [0.25, 0.3) is 0 Å². The van der Waals surface area contributed by atoms with Crippen LogP contribution in [0, 0.1) is 15.9 Å². The van der Waals surface area contributed by atoms with E-state index in [4.69, 9.17) is 4.74 Å². The molecular formula is C11H15FN2O3. The van der Waals surface area contributed by atoms with Crippen LogP contribution in [-0.2, 0) is 4.74 Å². The van der Waals surface area contributed by atoms with Crippen LogP contribution in [0.2, 0.25) is 0 Å². The van der Waals surface area contributed by atoms with Gasteiger partial charge in [-0.05, 0) is 19.4 Å². The van der Waals surface area contributed by atoms with Gasteiger partial charge >= 0.3 is 0 Å². The number of halogens is 1. The highest BCUT2D eigenvalue weighted by Crippen LogP contribution is 2.19. The maximum atomic E-state index is 13.0. The first-order valence-electron chi connectivity index (χ1n) is 5.40. The second kappa shape index (κ2) is 6.80. The first-order chi connectivity index (χ1) is 8.13. The molecular weight excluding hydrogens is 227 g/mol. The van der Waals surface area contributed by atoms with Crippen LogP contribution in [0.5, 0.6) is 0 Å². The molecule has 0 heterocycles. The lowest BCUT2D eigenvalue weighted by molar-refractivity contribution is -0.385. The maximum Gasteiger partial charge on any atom is 0.274 e. The van der Waals surface area contributed by atoms with Crippen LogP contribution in [-0.4, -0.2) is 24.7 Å². The summed E-state index contributed by atoms with van der Waals surface area (Å²) in [6.07, 6.45) is 0.762. The molecule has 0 spiro atoms. The van der Waals surface area contributed by atoms with Crippen LogP contribution in [0.3, 0.4) is 0 Å². The van der Waals surface area contributed by atoms with Crippen LogP contribution in [0.1, 0.15) is 13.3 Å². The van der Waals surface area contributed by atoms with Gasteiger partial charge in [-0.25, -0.2) is 4.39 Å². The van der Waals surface area contributed by atoms with Gasteiger partial charge in [0, 0.05) is 31.5 Å². The number of nitrogens with zero attached hydrogens (tertiary/aromatic N) is 1. The van der Waals surface area contributed by atoms with E-state index in [0.29, 0.717) is 25.4 Å². The number of nitro benzene ring substituents is 1. The highest BCUT2D eigenvalue weighted by Gasteiger charge is 2.09. The highest BCUT2D eigenvalue weighted by molar-refractivity contribution is 5.51. The van der Waals surface area contributed by atoms with E-state index in [2.05, 4.69) is 5.32 Å². The summed E-state index contributed by atoms with van der Waals surface area (Å²) >= 11 is 0. The largest absolute Gasteiger partial charge is 0.385 e. The van der Waals surface area contributed by atoms with E-state index >= 15 is 0 Å². The number of hydrogen-bond donors (Lipinski definition) is 1. The summed E-state index contributed by atoms with van der Waals surface area (Å²) in [4.78, 5) is 9.90. The van der Waals surface area contributed by atoms with Crippen molar-refractivity contribution in [2.75, 3.05) is 25.1 Å². The minimum absolute atomic E-state index is 0.252. The molecule has 6 heteroatoms. The Kier molecular flexibility index (Phi) is 5.35. The average molecular weight is 242 g/mol. The lowest BCUT2D eigenvalue weighted by Crippen LogP contribution is -2.06. The first-order valence-corrected chi connectivity index (χ1v) is 5.40. The van der Waals surface area contributed by atoms with E-state index in [1.165, 1.54) is 12.1 Å². The molecule has 0 aliphatic heterocycles. The number of hydrogen-bond acceptors (Lipinski definition) is 4. The minimum Gasteiger partial charge on any atom is -0.385 e. The molecule has 0 radical (unpaired) electrons. The SMILES string of the molecule is CCOCCCNc1cc(F)cc([N+](=O)[O-])c1. The summed E-state index contributed by atoms with van der Waals surface area (Å²) in [6.45, 7) is 3.76. The molecule has 0 unspecified atom stereocenters. The number of benzene rings is 1. The van der Waals surface area contributed by atoms with Crippen LogP contribution in [0.15, 0.2) is 18.2 Å². The Morgan fingerprint density at radius 1 is 1.47 bits per heavy atom. The van der Waals surface area contributed by atoms with Gasteiger partial charge < -0.3 is 10.1 Å². The molecule has 0 saturated heterocycles. The average Bonchev–Trinajstić information content (AvgIpc) is 2.28. The van der Waals surface area contributed by atoms with Crippen molar-refractivity contribution in [2.45, 2.75) is 13.3 Å². The van der Waals surface area contributed by atoms with Gasteiger partial charge in [0.1, 0.15) is 5.82 Å². The molecule has 5 nitrogen and oxygen atoms in total. The third-order valence-corrected chi connectivity index (χ3v) is 2.09. The molecule has 0 saturated carbocycles. The molecule has 0 atom stereocenters. The first kappa shape index (κ1) is 13.4. The molecule has 1 N–H and O–H groups in total. The predicted molar refractivity (Wildman–Crippen MR) is 62.7 cm³/mol. The van der Waals surface area contributed by atoms with Gasteiger partial charge in [-0.15, -0.1) is 0 Å². The topological polar surface area (TPSA) is 64.4 Å². The van der Waals surface area contributed by atoms with Crippen molar-refractivity contribution in [3.63, 3.8) is 0 Å². The standard InChI is InChI=1S/C11H15FN2O3/c1-2-17-5-3-4-13-10-6-9(12)7-11(8-10)14(15)16/h6-8,13H,2-5H2,1H3. The molecule has 0 fully saturated rings. The fourth-order valence-corrected chi connectivity index (χ4v) is 1.33. The number of nitrogens with one attached hydrogen (secondary N) is 1. The molecule has 1 rings (SSSR count). The fraction of sp³-hybridized carbons (Fsp3) is 0.455. The van der Waals surface area contributed by atoms with Gasteiger partial charge in [0.25, 0.3) is 5.69 Å². The van der Waals surface area contributed by atoms with Crippen molar-refractivity contribution in [1.82, 2.24) is 0 Å². The number of non-ortho nitro benzene ring substituents is 1. The van der Waals surface area contributed by atoms with Gasteiger partial charge in [-0.2, -0.15) is 0 Å².